The summed E-state index contributed by atoms with van der Waals surface area (Å²) in [6.45, 7) is 2.57. The molecule has 3 N–H and O–H groups in total. The van der Waals surface area contributed by atoms with Crippen LogP contribution in [-0.4, -0.2) is 4.98 Å². The fourth-order valence-electron chi connectivity index (χ4n) is 2.15. The maximum Gasteiger partial charge on any atom is 0.134 e. The minimum atomic E-state index is 0.605. The number of benzene rings is 1. The van der Waals surface area contributed by atoms with Gasteiger partial charge in [-0.15, -0.1) is 0 Å². The highest BCUT2D eigenvalue weighted by Crippen LogP contribution is 2.27. The molecule has 0 aliphatic heterocycles. The third-order valence-corrected chi connectivity index (χ3v) is 3.05. The number of nitrogen functional groups attached to an aromatic ring is 1. The van der Waals surface area contributed by atoms with Crippen LogP contribution in [0.15, 0.2) is 47.1 Å². The van der Waals surface area contributed by atoms with E-state index in [9.17, 15) is 0 Å². The largest absolute Gasteiger partial charge is 0.467 e. The van der Waals surface area contributed by atoms with Crippen molar-refractivity contribution in [3.8, 4) is 0 Å². The van der Waals surface area contributed by atoms with Crippen LogP contribution in [-0.2, 0) is 6.54 Å². The molecule has 0 bridgehead atoms. The fraction of sp³-hybridized carbons (Fsp3) is 0.133. The average Bonchev–Trinajstić information content (AvgIpc) is 2.90. The monoisotopic (exact) mass is 253 g/mol. The quantitative estimate of drug-likeness (QED) is 0.703. The predicted octanol–water partition coefficient (Wildman–Crippen LogP) is 3.33. The zero-order valence-corrected chi connectivity index (χ0v) is 10.7. The van der Waals surface area contributed by atoms with Crippen LogP contribution >= 0.6 is 0 Å². The van der Waals surface area contributed by atoms with E-state index in [1.165, 1.54) is 0 Å². The summed E-state index contributed by atoms with van der Waals surface area (Å²) in [7, 11) is 0. The summed E-state index contributed by atoms with van der Waals surface area (Å²) in [5.74, 6) is 1.71. The molecule has 1 aromatic carbocycles. The number of nitrogens with zero attached hydrogens (tertiary/aromatic N) is 1. The van der Waals surface area contributed by atoms with Crippen molar-refractivity contribution < 1.29 is 4.42 Å². The lowest BCUT2D eigenvalue weighted by Crippen LogP contribution is -2.02. The van der Waals surface area contributed by atoms with E-state index in [0.717, 1.165) is 33.7 Å². The Balaban J connectivity index is 2.00. The van der Waals surface area contributed by atoms with Gasteiger partial charge in [-0.3, -0.25) is 0 Å². The van der Waals surface area contributed by atoms with Crippen molar-refractivity contribution in [2.75, 3.05) is 11.1 Å². The number of furan rings is 1. The number of aromatic nitrogens is 1. The number of anilines is 2. The maximum atomic E-state index is 6.01. The summed E-state index contributed by atoms with van der Waals surface area (Å²) in [6, 6.07) is 11.7. The summed E-state index contributed by atoms with van der Waals surface area (Å²) in [4.78, 5) is 4.53. The van der Waals surface area contributed by atoms with Crippen molar-refractivity contribution in [3.05, 3.63) is 54.1 Å². The summed E-state index contributed by atoms with van der Waals surface area (Å²) in [5, 5.41) is 5.35. The number of nitrogens with one attached hydrogen (secondary N) is 1. The van der Waals surface area contributed by atoms with E-state index in [2.05, 4.69) is 10.3 Å². The molecule has 19 heavy (non-hydrogen) atoms. The van der Waals surface area contributed by atoms with Gasteiger partial charge in [0.2, 0.25) is 0 Å². The van der Waals surface area contributed by atoms with Crippen molar-refractivity contribution in [3.63, 3.8) is 0 Å². The van der Waals surface area contributed by atoms with Gasteiger partial charge >= 0.3 is 0 Å². The van der Waals surface area contributed by atoms with Crippen molar-refractivity contribution >= 4 is 22.3 Å². The van der Waals surface area contributed by atoms with Gasteiger partial charge in [0.1, 0.15) is 11.6 Å². The molecule has 0 saturated heterocycles. The van der Waals surface area contributed by atoms with Gasteiger partial charge < -0.3 is 15.5 Å². The second-order valence-electron chi connectivity index (χ2n) is 4.49. The molecular weight excluding hydrogens is 238 g/mol. The normalized spacial score (nSPS) is 10.8. The van der Waals surface area contributed by atoms with Gasteiger partial charge in [0.05, 0.1) is 12.8 Å². The molecule has 96 valence electrons. The van der Waals surface area contributed by atoms with Crippen LogP contribution in [0.1, 0.15) is 11.5 Å². The van der Waals surface area contributed by atoms with E-state index in [1.54, 1.807) is 6.26 Å². The number of fused-ring (bicyclic) bond motifs is 1. The molecule has 0 aliphatic rings. The Labute approximate surface area is 111 Å². The Morgan fingerprint density at radius 2 is 2.11 bits per heavy atom. The second kappa shape index (κ2) is 4.65. The number of rotatable bonds is 3. The fourth-order valence-corrected chi connectivity index (χ4v) is 2.15. The number of aryl methyl sites for hydroxylation is 1. The van der Waals surface area contributed by atoms with Crippen LogP contribution in [0.2, 0.25) is 0 Å². The Hall–Kier alpha value is -2.49. The number of pyridine rings is 1. The van der Waals surface area contributed by atoms with E-state index in [1.807, 2.05) is 43.3 Å². The highest BCUT2D eigenvalue weighted by Gasteiger charge is 2.06. The molecule has 4 nitrogen and oxygen atoms in total. The highest BCUT2D eigenvalue weighted by atomic mass is 16.3. The first kappa shape index (κ1) is 11.6. The first-order valence-electron chi connectivity index (χ1n) is 6.16. The molecule has 2 aromatic heterocycles. The Morgan fingerprint density at radius 3 is 2.89 bits per heavy atom. The topological polar surface area (TPSA) is 64.1 Å². The van der Waals surface area contributed by atoms with Gasteiger partial charge in [-0.25, -0.2) is 4.98 Å². The van der Waals surface area contributed by atoms with E-state index < -0.39 is 0 Å². The summed E-state index contributed by atoms with van der Waals surface area (Å²) in [5.41, 5.74) is 7.72. The second-order valence-corrected chi connectivity index (χ2v) is 4.49. The zero-order chi connectivity index (χ0) is 13.2. The predicted molar refractivity (Wildman–Crippen MR) is 76.9 cm³/mol. The van der Waals surface area contributed by atoms with Gasteiger partial charge in [0, 0.05) is 22.2 Å². The number of hydrogen-bond acceptors (Lipinski definition) is 4. The number of nitrogens with two attached hydrogens (primary N) is 1. The summed E-state index contributed by atoms with van der Waals surface area (Å²) < 4.78 is 5.31. The summed E-state index contributed by atoms with van der Waals surface area (Å²) >= 11 is 0. The van der Waals surface area contributed by atoms with Crippen molar-refractivity contribution in [1.29, 1.82) is 0 Å². The first-order valence-corrected chi connectivity index (χ1v) is 6.16. The smallest absolute Gasteiger partial charge is 0.134 e. The minimum Gasteiger partial charge on any atom is -0.467 e. The van der Waals surface area contributed by atoms with Crippen molar-refractivity contribution in [2.45, 2.75) is 13.5 Å². The first-order chi connectivity index (χ1) is 9.24. The number of hydrogen-bond donors (Lipinski definition) is 2. The van der Waals surface area contributed by atoms with Crippen LogP contribution in [0.25, 0.3) is 10.8 Å². The molecule has 3 aromatic rings. The molecule has 0 amide bonds. The molecule has 0 saturated carbocycles. The van der Waals surface area contributed by atoms with Crippen LogP contribution in [0.5, 0.6) is 0 Å². The van der Waals surface area contributed by atoms with Crippen LogP contribution in [0.3, 0.4) is 0 Å². The van der Waals surface area contributed by atoms with Gasteiger partial charge in [-0.05, 0) is 31.2 Å². The minimum absolute atomic E-state index is 0.605. The summed E-state index contributed by atoms with van der Waals surface area (Å²) in [6.07, 6.45) is 1.66. The van der Waals surface area contributed by atoms with E-state index >= 15 is 0 Å². The molecule has 0 atom stereocenters. The van der Waals surface area contributed by atoms with E-state index in [-0.39, 0.29) is 0 Å². The molecule has 2 heterocycles. The molecule has 0 radical (unpaired) electrons. The Bertz CT molecular complexity index is 705. The van der Waals surface area contributed by atoms with Gasteiger partial charge in [-0.2, -0.15) is 0 Å². The van der Waals surface area contributed by atoms with Crippen molar-refractivity contribution in [2.24, 2.45) is 0 Å². The molecule has 0 spiro atoms. The molecule has 0 fully saturated rings. The zero-order valence-electron chi connectivity index (χ0n) is 10.7. The Kier molecular flexibility index (Phi) is 2.83. The van der Waals surface area contributed by atoms with Crippen molar-refractivity contribution in [1.82, 2.24) is 4.98 Å². The van der Waals surface area contributed by atoms with Crippen LogP contribution in [0, 0.1) is 6.92 Å². The SMILES string of the molecule is Cc1cc2c(N)cccc2c(NCc2ccco2)n1. The lowest BCUT2D eigenvalue weighted by molar-refractivity contribution is 0.518. The lowest BCUT2D eigenvalue weighted by Gasteiger charge is -2.10. The Morgan fingerprint density at radius 1 is 1.21 bits per heavy atom. The third-order valence-electron chi connectivity index (χ3n) is 3.05. The molecule has 3 rings (SSSR count). The standard InChI is InChI=1S/C15H15N3O/c1-10-8-13-12(5-2-6-14(13)16)15(18-10)17-9-11-4-3-7-19-11/h2-8H,9,16H2,1H3,(H,17,18). The average molecular weight is 253 g/mol. The van der Waals surface area contributed by atoms with Crippen LogP contribution in [0.4, 0.5) is 11.5 Å². The third kappa shape index (κ3) is 2.25. The molecule has 4 heteroatoms. The lowest BCUT2D eigenvalue weighted by atomic mass is 10.1. The van der Waals surface area contributed by atoms with Gasteiger partial charge in [-0.1, -0.05) is 12.1 Å². The molecular formula is C15H15N3O. The van der Waals surface area contributed by atoms with E-state index in [4.69, 9.17) is 10.2 Å². The molecule has 0 unspecified atom stereocenters. The van der Waals surface area contributed by atoms with Crippen LogP contribution < -0.4 is 11.1 Å². The highest BCUT2D eigenvalue weighted by molar-refractivity contribution is 5.99. The van der Waals surface area contributed by atoms with E-state index in [0.29, 0.717) is 6.54 Å². The molecule has 0 aliphatic carbocycles. The maximum absolute atomic E-state index is 6.01. The van der Waals surface area contributed by atoms with Gasteiger partial charge in [0.25, 0.3) is 0 Å². The van der Waals surface area contributed by atoms with Gasteiger partial charge in [0.15, 0.2) is 0 Å².